The predicted molar refractivity (Wildman–Crippen MR) is 107 cm³/mol. The molecule has 0 aliphatic rings. The zero-order valence-corrected chi connectivity index (χ0v) is 17.6. The summed E-state index contributed by atoms with van der Waals surface area (Å²) in [7, 11) is 0. The monoisotopic (exact) mass is 502 g/mol. The second-order valence-electron chi connectivity index (χ2n) is 6.53. The number of hydrogen-bond acceptors (Lipinski definition) is 4. The Morgan fingerprint density at radius 1 is 1.10 bits per heavy atom. The fraction of sp³-hybridized carbons (Fsp3) is 0.250. The van der Waals surface area contributed by atoms with E-state index < -0.39 is 47.9 Å². The molecule has 3 aromatic rings. The molecule has 2 aromatic carbocycles. The minimum atomic E-state index is -4.73. The Kier molecular flexibility index (Phi) is 6.35. The first-order valence-electron chi connectivity index (χ1n) is 8.97. The molecule has 0 radical (unpaired) electrons. The van der Waals surface area contributed by atoms with Gasteiger partial charge in [-0.25, -0.2) is 9.18 Å². The Morgan fingerprint density at radius 3 is 2.42 bits per heavy atom. The van der Waals surface area contributed by atoms with Crippen LogP contribution < -0.4 is 11.2 Å². The molecule has 0 saturated heterocycles. The van der Waals surface area contributed by atoms with Crippen LogP contribution in [0.25, 0.3) is 10.9 Å². The Bertz CT molecular complexity index is 1280. The maximum absolute atomic E-state index is 14.3. The van der Waals surface area contributed by atoms with Gasteiger partial charge in [0.15, 0.2) is 0 Å². The lowest BCUT2D eigenvalue weighted by atomic mass is 10.1. The van der Waals surface area contributed by atoms with Gasteiger partial charge in [0.1, 0.15) is 12.4 Å². The van der Waals surface area contributed by atoms with Gasteiger partial charge in [-0.1, -0.05) is 22.0 Å². The molecule has 0 atom stereocenters. The Balaban J connectivity index is 2.27. The maximum Gasteiger partial charge on any atom is 0.416 e. The Morgan fingerprint density at radius 2 is 1.81 bits per heavy atom. The number of fused-ring (bicyclic) bond motifs is 1. The summed E-state index contributed by atoms with van der Waals surface area (Å²) in [5, 5.41) is -0.227. The summed E-state index contributed by atoms with van der Waals surface area (Å²) in [5.74, 6) is -1.56. The van der Waals surface area contributed by atoms with Crippen molar-refractivity contribution in [2.75, 3.05) is 6.61 Å². The molecule has 11 heteroatoms. The van der Waals surface area contributed by atoms with Crippen molar-refractivity contribution in [3.05, 3.63) is 78.7 Å². The normalized spacial score (nSPS) is 11.7. The van der Waals surface area contributed by atoms with Crippen LogP contribution in [0.5, 0.6) is 0 Å². The van der Waals surface area contributed by atoms with Crippen LogP contribution in [0.1, 0.15) is 18.1 Å². The van der Waals surface area contributed by atoms with Crippen LogP contribution in [-0.2, 0) is 28.8 Å². The van der Waals surface area contributed by atoms with Gasteiger partial charge in [0.25, 0.3) is 5.56 Å². The van der Waals surface area contributed by atoms with Crippen molar-refractivity contribution in [1.29, 1.82) is 0 Å². The molecule has 31 heavy (non-hydrogen) atoms. The summed E-state index contributed by atoms with van der Waals surface area (Å²) in [6.07, 6.45) is -4.73. The van der Waals surface area contributed by atoms with E-state index in [1.54, 1.807) is 0 Å². The third-order valence-corrected chi connectivity index (χ3v) is 4.98. The highest BCUT2D eigenvalue weighted by atomic mass is 79.9. The van der Waals surface area contributed by atoms with Gasteiger partial charge < -0.3 is 4.74 Å². The van der Waals surface area contributed by atoms with Crippen molar-refractivity contribution >= 4 is 32.8 Å². The van der Waals surface area contributed by atoms with Gasteiger partial charge in [0.2, 0.25) is 0 Å². The first-order valence-corrected chi connectivity index (χ1v) is 9.76. The first kappa shape index (κ1) is 22.7. The number of halogens is 5. The van der Waals surface area contributed by atoms with E-state index in [4.69, 9.17) is 4.74 Å². The van der Waals surface area contributed by atoms with Crippen LogP contribution in [0.4, 0.5) is 17.6 Å². The lowest BCUT2D eigenvalue weighted by Gasteiger charge is -2.15. The second-order valence-corrected chi connectivity index (χ2v) is 7.45. The molecule has 0 aliphatic heterocycles. The number of carbonyl (C=O) groups is 1. The number of esters is 1. The fourth-order valence-corrected chi connectivity index (χ4v) is 3.37. The molecule has 1 heterocycles. The number of alkyl halides is 3. The average Bonchev–Trinajstić information content (AvgIpc) is 2.69. The molecule has 0 fully saturated rings. The van der Waals surface area contributed by atoms with Gasteiger partial charge in [-0.3, -0.25) is 18.7 Å². The van der Waals surface area contributed by atoms with Gasteiger partial charge in [0, 0.05) is 10.0 Å². The van der Waals surface area contributed by atoms with Crippen molar-refractivity contribution in [2.45, 2.75) is 26.2 Å². The van der Waals surface area contributed by atoms with Crippen molar-refractivity contribution < 1.29 is 27.1 Å². The predicted octanol–water partition coefficient (Wildman–Crippen LogP) is 3.70. The molecular formula is C20H15BrF4N2O4. The van der Waals surface area contributed by atoms with Crippen LogP contribution in [-0.4, -0.2) is 21.7 Å². The minimum Gasteiger partial charge on any atom is -0.465 e. The third kappa shape index (κ3) is 4.71. The van der Waals surface area contributed by atoms with Gasteiger partial charge >= 0.3 is 17.8 Å². The average molecular weight is 503 g/mol. The summed E-state index contributed by atoms with van der Waals surface area (Å²) >= 11 is 3.10. The van der Waals surface area contributed by atoms with E-state index in [1.807, 2.05) is 0 Å². The highest BCUT2D eigenvalue weighted by Gasteiger charge is 2.31. The van der Waals surface area contributed by atoms with Crippen LogP contribution in [0, 0.1) is 5.82 Å². The van der Waals surface area contributed by atoms with Crippen molar-refractivity contribution in [1.82, 2.24) is 9.13 Å². The van der Waals surface area contributed by atoms with E-state index in [1.165, 1.54) is 19.1 Å². The van der Waals surface area contributed by atoms with E-state index in [0.29, 0.717) is 21.2 Å². The summed E-state index contributed by atoms with van der Waals surface area (Å²) < 4.78 is 60.4. The molecule has 0 amide bonds. The number of rotatable bonds is 5. The number of carbonyl (C=O) groups excluding carboxylic acids is 1. The standard InChI is InChI=1S/C20H15BrF4N2O4/c1-2-31-17(28)10-26-16-7-12(20(23,24)25)4-6-14(16)18(29)27(19(26)30)9-11-3-5-13(21)8-15(11)22/h3-8H,2,9-10H2,1H3. The molecule has 0 unspecified atom stereocenters. The topological polar surface area (TPSA) is 70.3 Å². The van der Waals surface area contributed by atoms with Gasteiger partial charge in [-0.2, -0.15) is 13.2 Å². The van der Waals surface area contributed by atoms with Crippen molar-refractivity contribution in [2.24, 2.45) is 0 Å². The smallest absolute Gasteiger partial charge is 0.416 e. The van der Waals surface area contributed by atoms with E-state index in [2.05, 4.69) is 15.9 Å². The van der Waals surface area contributed by atoms with E-state index in [0.717, 1.165) is 16.7 Å². The lowest BCUT2D eigenvalue weighted by molar-refractivity contribution is -0.143. The number of nitrogens with zero attached hydrogens (tertiary/aromatic N) is 2. The summed E-state index contributed by atoms with van der Waals surface area (Å²) in [6.45, 7) is 0.324. The van der Waals surface area contributed by atoms with Crippen molar-refractivity contribution in [3.63, 3.8) is 0 Å². The maximum atomic E-state index is 14.3. The first-order chi connectivity index (χ1) is 14.5. The summed E-state index contributed by atoms with van der Waals surface area (Å²) in [5.41, 5.74) is -3.42. The molecule has 0 N–H and O–H groups in total. The number of benzene rings is 2. The molecule has 0 saturated carbocycles. The highest BCUT2D eigenvalue weighted by Crippen LogP contribution is 2.30. The molecule has 6 nitrogen and oxygen atoms in total. The van der Waals surface area contributed by atoms with Crippen LogP contribution in [0.3, 0.4) is 0 Å². The molecule has 164 valence electrons. The van der Waals surface area contributed by atoms with E-state index >= 15 is 0 Å². The Hall–Kier alpha value is -2.95. The van der Waals surface area contributed by atoms with Gasteiger partial charge in [-0.15, -0.1) is 0 Å². The molecular weight excluding hydrogens is 488 g/mol. The molecule has 1 aromatic heterocycles. The second kappa shape index (κ2) is 8.66. The number of hydrogen-bond donors (Lipinski definition) is 0. The lowest BCUT2D eigenvalue weighted by Crippen LogP contribution is -2.41. The summed E-state index contributed by atoms with van der Waals surface area (Å²) in [4.78, 5) is 37.8. The minimum absolute atomic E-state index is 0.0105. The number of aromatic nitrogens is 2. The quantitative estimate of drug-likeness (QED) is 0.394. The molecule has 0 spiro atoms. The number of ether oxygens (including phenoxy) is 1. The van der Waals surface area contributed by atoms with Gasteiger partial charge in [0.05, 0.1) is 29.6 Å². The van der Waals surface area contributed by atoms with Crippen molar-refractivity contribution in [3.8, 4) is 0 Å². The SMILES string of the molecule is CCOC(=O)Cn1c(=O)n(Cc2ccc(Br)cc2F)c(=O)c2ccc(C(F)(F)F)cc21. The molecule has 3 rings (SSSR count). The third-order valence-electron chi connectivity index (χ3n) is 4.49. The zero-order chi connectivity index (χ0) is 22.9. The summed E-state index contributed by atoms with van der Waals surface area (Å²) in [6, 6.07) is 6.27. The van der Waals surface area contributed by atoms with Gasteiger partial charge in [-0.05, 0) is 37.3 Å². The van der Waals surface area contributed by atoms with Crippen LogP contribution in [0.2, 0.25) is 0 Å². The zero-order valence-electron chi connectivity index (χ0n) is 16.0. The van der Waals surface area contributed by atoms with Crippen LogP contribution in [0.15, 0.2) is 50.5 Å². The van der Waals surface area contributed by atoms with E-state index in [9.17, 15) is 31.9 Å². The highest BCUT2D eigenvalue weighted by molar-refractivity contribution is 9.10. The van der Waals surface area contributed by atoms with E-state index in [-0.39, 0.29) is 23.1 Å². The largest absolute Gasteiger partial charge is 0.465 e. The molecule has 0 aliphatic carbocycles. The van der Waals surface area contributed by atoms with Crippen LogP contribution >= 0.6 is 15.9 Å². The molecule has 0 bridgehead atoms. The fourth-order valence-electron chi connectivity index (χ4n) is 3.04. The Labute approximate surface area is 180 Å².